The highest BCUT2D eigenvalue weighted by Crippen LogP contribution is 2.32. The van der Waals surface area contributed by atoms with E-state index in [0.29, 0.717) is 12.0 Å². The van der Waals surface area contributed by atoms with Crippen molar-refractivity contribution in [2.75, 3.05) is 0 Å². The minimum Gasteiger partial charge on any atom is -0.265 e. The normalized spacial score (nSPS) is 11.5. The molecule has 0 bridgehead atoms. The number of allylic oxidation sites excluding steroid dienone is 2. The van der Waals surface area contributed by atoms with Crippen molar-refractivity contribution >= 4 is 0 Å². The second kappa shape index (κ2) is 22.8. The van der Waals surface area contributed by atoms with Crippen molar-refractivity contribution in [2.45, 2.75) is 131 Å². The van der Waals surface area contributed by atoms with Crippen LogP contribution in [0.4, 0.5) is 13.2 Å². The molecule has 38 heavy (non-hydrogen) atoms. The van der Waals surface area contributed by atoms with Crippen molar-refractivity contribution in [3.63, 3.8) is 0 Å². The first-order valence-corrected chi connectivity index (χ1v) is 15.0. The van der Waals surface area contributed by atoms with Crippen LogP contribution in [0.15, 0.2) is 60.4 Å². The number of pyridine rings is 1. The molecule has 0 saturated heterocycles. The molecule has 0 atom stereocenters. The van der Waals surface area contributed by atoms with Crippen molar-refractivity contribution < 1.29 is 13.2 Å². The predicted octanol–water partition coefficient (Wildman–Crippen LogP) is 11.8. The molecule has 0 fully saturated rings. The van der Waals surface area contributed by atoms with Gasteiger partial charge in [-0.15, -0.1) is 0 Å². The summed E-state index contributed by atoms with van der Waals surface area (Å²) in [5.41, 5.74) is 2.95. The van der Waals surface area contributed by atoms with Crippen LogP contribution in [0, 0.1) is 5.92 Å². The van der Waals surface area contributed by atoms with Crippen LogP contribution in [0.5, 0.6) is 0 Å². The summed E-state index contributed by atoms with van der Waals surface area (Å²) in [6.07, 6.45) is 18.5. The fraction of sp³-hybridized carbons (Fsp3) is 0.618. The zero-order chi connectivity index (χ0) is 28.7. The molecule has 1 aromatic carbocycles. The number of aryl methyl sites for hydroxylation is 2. The summed E-state index contributed by atoms with van der Waals surface area (Å²) in [5.74, 6) is 0.881. The number of rotatable bonds is 14. The molecule has 216 valence electrons. The number of hydrogen-bond donors (Lipinski definition) is 0. The third kappa shape index (κ3) is 16.7. The molecule has 0 spiro atoms. The lowest BCUT2D eigenvalue weighted by Gasteiger charge is -2.20. The molecule has 0 saturated carbocycles. The predicted molar refractivity (Wildman–Crippen MR) is 159 cm³/mol. The maximum absolute atomic E-state index is 12.2. The smallest absolute Gasteiger partial charge is 0.265 e. The Labute approximate surface area is 232 Å². The first-order chi connectivity index (χ1) is 18.3. The third-order valence-electron chi connectivity index (χ3n) is 6.70. The Morgan fingerprint density at radius 2 is 1.37 bits per heavy atom. The van der Waals surface area contributed by atoms with Crippen LogP contribution in [0.3, 0.4) is 0 Å². The van der Waals surface area contributed by atoms with E-state index in [1.165, 1.54) is 88.3 Å². The van der Waals surface area contributed by atoms with E-state index >= 15 is 0 Å². The molecular weight excluding hydrogens is 479 g/mol. The van der Waals surface area contributed by atoms with Gasteiger partial charge in [0.05, 0.1) is 5.56 Å². The van der Waals surface area contributed by atoms with E-state index in [1.54, 1.807) is 18.6 Å². The van der Waals surface area contributed by atoms with Crippen LogP contribution in [0.2, 0.25) is 0 Å². The number of aromatic nitrogens is 1. The highest BCUT2D eigenvalue weighted by atomic mass is 19.4. The minimum atomic E-state index is -4.22. The van der Waals surface area contributed by atoms with Crippen LogP contribution >= 0.6 is 0 Å². The summed E-state index contributed by atoms with van der Waals surface area (Å²) in [6, 6.07) is 9.69. The highest BCUT2D eigenvalue weighted by molar-refractivity contribution is 5.29. The lowest BCUT2D eigenvalue weighted by atomic mass is 9.86. The van der Waals surface area contributed by atoms with Crippen molar-refractivity contribution in [1.82, 2.24) is 4.98 Å². The minimum absolute atomic E-state index is 0.352. The van der Waals surface area contributed by atoms with Crippen LogP contribution in [-0.2, 0) is 19.0 Å². The number of nitrogens with zero attached hydrogens (tertiary/aromatic N) is 1. The summed E-state index contributed by atoms with van der Waals surface area (Å²) < 4.78 is 36.7. The van der Waals surface area contributed by atoms with Gasteiger partial charge in [0.2, 0.25) is 0 Å². The highest BCUT2D eigenvalue weighted by Gasteiger charge is 2.32. The van der Waals surface area contributed by atoms with Crippen LogP contribution in [0.25, 0.3) is 0 Å². The first-order valence-electron chi connectivity index (χ1n) is 15.0. The maximum atomic E-state index is 12.2. The Bertz CT molecular complexity index is 821. The van der Waals surface area contributed by atoms with Gasteiger partial charge in [-0.05, 0) is 80.2 Å². The Hall–Kier alpha value is -2.10. The zero-order valence-corrected chi connectivity index (χ0v) is 25.0. The quantitative estimate of drug-likeness (QED) is 0.174. The van der Waals surface area contributed by atoms with Gasteiger partial charge >= 0.3 is 6.18 Å². The fourth-order valence-electron chi connectivity index (χ4n) is 4.60. The molecule has 2 aromatic rings. The molecule has 0 aliphatic carbocycles. The number of alkyl halides is 3. The van der Waals surface area contributed by atoms with Gasteiger partial charge in [0.1, 0.15) is 0 Å². The van der Waals surface area contributed by atoms with Gasteiger partial charge in [-0.1, -0.05) is 110 Å². The number of unbranched alkanes of at least 4 members (excludes halogenated alkanes) is 4. The molecule has 0 amide bonds. The standard InChI is InChI=1S/C18H36.C9H9F3.C7H9N/c1-5-9-10-11-12-16-18(15-8-4)17(13-6-2)14-7-3;1-2-7-5-3-4-6-8(7)9(10,11)12;1-2-7-3-5-8-6-4-7/h15,17H,5-14,16H2,1-4H3;3-6H,2H2,1H3;3-6H,2H2,1H3. The summed E-state index contributed by atoms with van der Waals surface area (Å²) in [6.45, 7) is 13.1. The van der Waals surface area contributed by atoms with Gasteiger partial charge in [0, 0.05) is 12.4 Å². The second-order valence-corrected chi connectivity index (χ2v) is 9.84. The number of hydrogen-bond acceptors (Lipinski definition) is 1. The zero-order valence-electron chi connectivity index (χ0n) is 25.0. The van der Waals surface area contributed by atoms with E-state index in [0.717, 1.165) is 18.4 Å². The van der Waals surface area contributed by atoms with E-state index in [2.05, 4.69) is 45.7 Å². The average Bonchev–Trinajstić information content (AvgIpc) is 2.93. The number of benzene rings is 1. The lowest BCUT2D eigenvalue weighted by molar-refractivity contribution is -0.138. The van der Waals surface area contributed by atoms with E-state index in [-0.39, 0.29) is 0 Å². The molecule has 2 rings (SSSR count). The third-order valence-corrected chi connectivity index (χ3v) is 6.70. The molecular formula is C34H54F3N. The van der Waals surface area contributed by atoms with E-state index in [4.69, 9.17) is 0 Å². The summed E-state index contributed by atoms with van der Waals surface area (Å²) in [4.78, 5) is 3.89. The van der Waals surface area contributed by atoms with Crippen molar-refractivity contribution in [2.24, 2.45) is 5.92 Å². The summed E-state index contributed by atoms with van der Waals surface area (Å²) in [7, 11) is 0. The van der Waals surface area contributed by atoms with Gasteiger partial charge in [-0.3, -0.25) is 4.98 Å². The average molecular weight is 534 g/mol. The van der Waals surface area contributed by atoms with Gasteiger partial charge in [-0.2, -0.15) is 13.2 Å². The molecule has 0 N–H and O–H groups in total. The van der Waals surface area contributed by atoms with Crippen molar-refractivity contribution in [1.29, 1.82) is 0 Å². The lowest BCUT2D eigenvalue weighted by Crippen LogP contribution is -2.08. The first kappa shape index (κ1) is 35.9. The molecule has 0 aliphatic rings. The van der Waals surface area contributed by atoms with Gasteiger partial charge in [0.15, 0.2) is 0 Å². The molecule has 4 heteroatoms. The summed E-state index contributed by atoms with van der Waals surface area (Å²) >= 11 is 0. The SMILES string of the molecule is CCC=C(CCCCCCC)C(CCC)CCC.CCc1ccccc1C(F)(F)F.CCc1ccncc1. The van der Waals surface area contributed by atoms with Gasteiger partial charge < -0.3 is 0 Å². The Kier molecular flexibility index (Phi) is 21.6. The van der Waals surface area contributed by atoms with E-state index in [9.17, 15) is 13.2 Å². The van der Waals surface area contributed by atoms with Gasteiger partial charge in [0.25, 0.3) is 0 Å². The molecule has 0 radical (unpaired) electrons. The van der Waals surface area contributed by atoms with E-state index in [1.807, 2.05) is 24.5 Å². The summed E-state index contributed by atoms with van der Waals surface area (Å²) in [5, 5.41) is 0. The van der Waals surface area contributed by atoms with Crippen molar-refractivity contribution in [3.05, 3.63) is 77.1 Å². The monoisotopic (exact) mass is 533 g/mol. The molecule has 1 aromatic heterocycles. The fourth-order valence-corrected chi connectivity index (χ4v) is 4.60. The Morgan fingerprint density at radius 1 is 0.763 bits per heavy atom. The molecule has 1 heterocycles. The van der Waals surface area contributed by atoms with Gasteiger partial charge in [-0.25, -0.2) is 0 Å². The largest absolute Gasteiger partial charge is 0.416 e. The van der Waals surface area contributed by atoms with Crippen LogP contribution in [-0.4, -0.2) is 4.98 Å². The second-order valence-electron chi connectivity index (χ2n) is 9.84. The van der Waals surface area contributed by atoms with Crippen LogP contribution < -0.4 is 0 Å². The molecule has 0 unspecified atom stereocenters. The van der Waals surface area contributed by atoms with Crippen molar-refractivity contribution in [3.8, 4) is 0 Å². The molecule has 1 nitrogen and oxygen atoms in total. The Balaban J connectivity index is 0.000000584. The topological polar surface area (TPSA) is 12.9 Å². The maximum Gasteiger partial charge on any atom is 0.416 e. The number of halogens is 3. The van der Waals surface area contributed by atoms with E-state index < -0.39 is 11.7 Å². The Morgan fingerprint density at radius 3 is 1.82 bits per heavy atom. The van der Waals surface area contributed by atoms with Crippen LogP contribution in [0.1, 0.15) is 129 Å². The molecule has 0 aliphatic heterocycles.